The van der Waals surface area contributed by atoms with E-state index in [1.165, 1.54) is 5.56 Å². The molecule has 0 spiro atoms. The first-order chi connectivity index (χ1) is 8.53. The number of nitrogens with one attached hydrogen (secondary N) is 1. The molecule has 0 aliphatic carbocycles. The van der Waals surface area contributed by atoms with Gasteiger partial charge in [-0.1, -0.05) is 12.1 Å². The molecule has 0 aliphatic rings. The van der Waals surface area contributed by atoms with Crippen molar-refractivity contribution in [2.45, 2.75) is 38.3 Å². The van der Waals surface area contributed by atoms with Crippen LogP contribution in [0.15, 0.2) is 24.3 Å². The number of methoxy groups -OCH3 is 2. The topological polar surface area (TPSA) is 56.5 Å². The van der Waals surface area contributed by atoms with E-state index >= 15 is 0 Å². The van der Waals surface area contributed by atoms with Gasteiger partial charge in [0.1, 0.15) is 5.75 Å². The van der Waals surface area contributed by atoms with Gasteiger partial charge in [-0.05, 0) is 44.4 Å². The van der Waals surface area contributed by atoms with Crippen LogP contribution in [0.2, 0.25) is 0 Å². The van der Waals surface area contributed by atoms with Crippen LogP contribution in [0.1, 0.15) is 25.8 Å². The monoisotopic (exact) mass is 252 g/mol. The number of ether oxygens (including phenoxy) is 2. The van der Waals surface area contributed by atoms with Crippen LogP contribution < -0.4 is 16.0 Å². The standard InChI is InChI=1S/C14H24N2O2/c1-14(2,18-4)13(16-15)10-7-11-5-8-12(17-3)9-6-11/h5-6,8-9,13,16H,7,10,15H2,1-4H3. The minimum absolute atomic E-state index is 0.115. The highest BCUT2D eigenvalue weighted by molar-refractivity contribution is 5.27. The summed E-state index contributed by atoms with van der Waals surface area (Å²) in [6, 6.07) is 8.21. The van der Waals surface area contributed by atoms with E-state index in [9.17, 15) is 0 Å². The molecule has 1 rings (SSSR count). The van der Waals surface area contributed by atoms with E-state index in [1.807, 2.05) is 26.0 Å². The number of aryl methyl sites for hydroxylation is 1. The molecule has 0 radical (unpaired) electrons. The van der Waals surface area contributed by atoms with Crippen LogP contribution in [0.4, 0.5) is 0 Å². The predicted molar refractivity (Wildman–Crippen MR) is 73.5 cm³/mol. The maximum absolute atomic E-state index is 5.59. The van der Waals surface area contributed by atoms with Crippen LogP contribution in [0.25, 0.3) is 0 Å². The molecule has 0 bridgehead atoms. The molecule has 18 heavy (non-hydrogen) atoms. The molecule has 0 fully saturated rings. The minimum atomic E-state index is -0.277. The molecule has 0 aromatic heterocycles. The molecular formula is C14H24N2O2. The Morgan fingerprint density at radius 3 is 2.28 bits per heavy atom. The fourth-order valence-corrected chi connectivity index (χ4v) is 1.88. The van der Waals surface area contributed by atoms with Gasteiger partial charge in [0.25, 0.3) is 0 Å². The Bertz CT molecular complexity index is 349. The van der Waals surface area contributed by atoms with Crippen LogP contribution in [0.3, 0.4) is 0 Å². The SMILES string of the molecule is COc1ccc(CCC(NN)C(C)(C)OC)cc1. The number of hydrogen-bond donors (Lipinski definition) is 2. The Kier molecular flexibility index (Phi) is 5.59. The van der Waals surface area contributed by atoms with Gasteiger partial charge in [-0.25, -0.2) is 0 Å². The molecule has 4 heteroatoms. The Morgan fingerprint density at radius 1 is 1.22 bits per heavy atom. The van der Waals surface area contributed by atoms with Crippen molar-refractivity contribution in [3.63, 3.8) is 0 Å². The normalized spacial score (nSPS) is 13.4. The Labute approximate surface area is 109 Å². The molecule has 0 saturated carbocycles. The first-order valence-corrected chi connectivity index (χ1v) is 6.17. The van der Waals surface area contributed by atoms with Crippen molar-refractivity contribution in [3.8, 4) is 5.75 Å². The van der Waals surface area contributed by atoms with Crippen molar-refractivity contribution >= 4 is 0 Å². The quantitative estimate of drug-likeness (QED) is 0.575. The largest absolute Gasteiger partial charge is 0.497 e. The van der Waals surface area contributed by atoms with E-state index in [-0.39, 0.29) is 11.6 Å². The second kappa shape index (κ2) is 6.73. The lowest BCUT2D eigenvalue weighted by molar-refractivity contribution is -0.0124. The summed E-state index contributed by atoms with van der Waals surface area (Å²) in [4.78, 5) is 0. The molecule has 0 saturated heterocycles. The highest BCUT2D eigenvalue weighted by Gasteiger charge is 2.27. The summed E-state index contributed by atoms with van der Waals surface area (Å²) >= 11 is 0. The average Bonchev–Trinajstić information content (AvgIpc) is 2.40. The molecule has 0 amide bonds. The van der Waals surface area contributed by atoms with Crippen LogP contribution in [0.5, 0.6) is 5.75 Å². The van der Waals surface area contributed by atoms with E-state index < -0.39 is 0 Å². The third-order valence-electron chi connectivity index (χ3n) is 3.45. The molecular weight excluding hydrogens is 228 g/mol. The van der Waals surface area contributed by atoms with Crippen LogP contribution >= 0.6 is 0 Å². The van der Waals surface area contributed by atoms with Crippen LogP contribution in [-0.2, 0) is 11.2 Å². The number of hydrazine groups is 1. The summed E-state index contributed by atoms with van der Waals surface area (Å²) in [5, 5.41) is 0. The predicted octanol–water partition coefficient (Wildman–Crippen LogP) is 1.88. The first-order valence-electron chi connectivity index (χ1n) is 6.17. The van der Waals surface area contributed by atoms with Crippen molar-refractivity contribution in [3.05, 3.63) is 29.8 Å². The molecule has 1 aromatic rings. The zero-order chi connectivity index (χ0) is 13.6. The van der Waals surface area contributed by atoms with Crippen molar-refractivity contribution in [1.29, 1.82) is 0 Å². The first kappa shape index (κ1) is 15.0. The molecule has 1 atom stereocenters. The Balaban J connectivity index is 2.57. The minimum Gasteiger partial charge on any atom is -0.497 e. The second-order valence-corrected chi connectivity index (χ2v) is 4.91. The van der Waals surface area contributed by atoms with Gasteiger partial charge in [-0.2, -0.15) is 0 Å². The molecule has 0 aliphatic heterocycles. The van der Waals surface area contributed by atoms with Crippen molar-refractivity contribution < 1.29 is 9.47 Å². The van der Waals surface area contributed by atoms with Gasteiger partial charge in [-0.15, -0.1) is 0 Å². The van der Waals surface area contributed by atoms with Gasteiger partial charge < -0.3 is 9.47 Å². The van der Waals surface area contributed by atoms with Crippen molar-refractivity contribution in [2.75, 3.05) is 14.2 Å². The lowest BCUT2D eigenvalue weighted by Crippen LogP contribution is -2.51. The van der Waals surface area contributed by atoms with Crippen molar-refractivity contribution in [1.82, 2.24) is 5.43 Å². The van der Waals surface area contributed by atoms with E-state index in [2.05, 4.69) is 17.6 Å². The molecule has 4 nitrogen and oxygen atoms in total. The Morgan fingerprint density at radius 2 is 1.83 bits per heavy atom. The smallest absolute Gasteiger partial charge is 0.118 e. The zero-order valence-electron chi connectivity index (χ0n) is 11.7. The summed E-state index contributed by atoms with van der Waals surface area (Å²) in [7, 11) is 3.38. The summed E-state index contributed by atoms with van der Waals surface area (Å²) < 4.78 is 10.6. The molecule has 3 N–H and O–H groups in total. The van der Waals surface area contributed by atoms with Crippen molar-refractivity contribution in [2.24, 2.45) is 5.84 Å². The highest BCUT2D eigenvalue weighted by atomic mass is 16.5. The lowest BCUT2D eigenvalue weighted by Gasteiger charge is -2.32. The zero-order valence-corrected chi connectivity index (χ0v) is 11.7. The number of hydrogen-bond acceptors (Lipinski definition) is 4. The van der Waals surface area contributed by atoms with Crippen LogP contribution in [0, 0.1) is 0 Å². The van der Waals surface area contributed by atoms with Crippen LogP contribution in [-0.4, -0.2) is 25.9 Å². The summed E-state index contributed by atoms with van der Waals surface area (Å²) in [5.74, 6) is 6.47. The van der Waals surface area contributed by atoms with E-state index in [4.69, 9.17) is 15.3 Å². The molecule has 1 aromatic carbocycles. The molecule has 102 valence electrons. The fourth-order valence-electron chi connectivity index (χ4n) is 1.88. The second-order valence-electron chi connectivity index (χ2n) is 4.91. The average molecular weight is 252 g/mol. The maximum Gasteiger partial charge on any atom is 0.118 e. The van der Waals surface area contributed by atoms with Gasteiger partial charge in [0, 0.05) is 13.2 Å². The van der Waals surface area contributed by atoms with Gasteiger partial charge in [0.2, 0.25) is 0 Å². The Hall–Kier alpha value is -1.10. The summed E-state index contributed by atoms with van der Waals surface area (Å²) in [6.45, 7) is 4.07. The number of benzene rings is 1. The van der Waals surface area contributed by atoms with E-state index in [0.717, 1.165) is 18.6 Å². The number of nitrogens with two attached hydrogens (primary N) is 1. The molecule has 1 unspecified atom stereocenters. The third kappa shape index (κ3) is 3.98. The fraction of sp³-hybridized carbons (Fsp3) is 0.571. The maximum atomic E-state index is 5.59. The van der Waals surface area contributed by atoms with E-state index in [0.29, 0.717) is 0 Å². The van der Waals surface area contributed by atoms with Gasteiger partial charge >= 0.3 is 0 Å². The van der Waals surface area contributed by atoms with Gasteiger partial charge in [0.05, 0.1) is 12.7 Å². The van der Waals surface area contributed by atoms with E-state index in [1.54, 1.807) is 14.2 Å². The van der Waals surface area contributed by atoms with Gasteiger partial charge in [-0.3, -0.25) is 11.3 Å². The lowest BCUT2D eigenvalue weighted by atomic mass is 9.93. The number of rotatable bonds is 7. The summed E-state index contributed by atoms with van der Waals surface area (Å²) in [6.07, 6.45) is 1.87. The third-order valence-corrected chi connectivity index (χ3v) is 3.45. The van der Waals surface area contributed by atoms with Gasteiger partial charge in [0.15, 0.2) is 0 Å². The summed E-state index contributed by atoms with van der Waals surface area (Å²) in [5.41, 5.74) is 3.83. The highest BCUT2D eigenvalue weighted by Crippen LogP contribution is 2.19. The molecule has 0 heterocycles.